The minimum Gasteiger partial charge on any atom is -0.389 e. The summed E-state index contributed by atoms with van der Waals surface area (Å²) in [5.41, 5.74) is 0.944. The summed E-state index contributed by atoms with van der Waals surface area (Å²) in [5.74, 6) is -1.07. The van der Waals surface area contributed by atoms with Crippen LogP contribution < -0.4 is 0 Å². The molecule has 0 radical (unpaired) electrons. The predicted octanol–water partition coefficient (Wildman–Crippen LogP) is 4.16. The van der Waals surface area contributed by atoms with Gasteiger partial charge in [0.2, 0.25) is 9.84 Å². The van der Waals surface area contributed by atoms with E-state index in [9.17, 15) is 17.2 Å². The molecule has 1 unspecified atom stereocenters. The van der Waals surface area contributed by atoms with E-state index in [0.29, 0.717) is 16.7 Å². The van der Waals surface area contributed by atoms with Crippen LogP contribution in [0.3, 0.4) is 0 Å². The van der Waals surface area contributed by atoms with Gasteiger partial charge in [0.1, 0.15) is 17.2 Å². The van der Waals surface area contributed by atoms with Gasteiger partial charge in [-0.3, -0.25) is 0 Å². The Labute approximate surface area is 150 Å². The van der Waals surface area contributed by atoms with Gasteiger partial charge >= 0.3 is 0 Å². The van der Waals surface area contributed by atoms with Crippen LogP contribution >= 0.6 is 0 Å². The van der Waals surface area contributed by atoms with Gasteiger partial charge in [-0.1, -0.05) is 23.4 Å². The molecule has 7 heteroatoms. The Hall–Kier alpha value is -2.28. The highest BCUT2D eigenvalue weighted by Crippen LogP contribution is 2.45. The number of benzene rings is 2. The van der Waals surface area contributed by atoms with Crippen molar-refractivity contribution in [2.24, 2.45) is 5.16 Å². The second-order valence-corrected chi connectivity index (χ2v) is 9.38. The van der Waals surface area contributed by atoms with E-state index in [1.165, 1.54) is 24.3 Å². The van der Waals surface area contributed by atoms with Crippen LogP contribution in [0.2, 0.25) is 0 Å². The lowest BCUT2D eigenvalue weighted by atomic mass is 9.85. The molecule has 4 rings (SSSR count). The molecular formula is C19H17F2NO3S. The fourth-order valence-electron chi connectivity index (χ4n) is 3.56. The SMILES string of the molecule is CC1(C)CC(S(=O)(=O)C2Cc3ccc(F)cc3-c3cccc(F)c32)=NO1. The fraction of sp³-hybridized carbons (Fsp3) is 0.316. The predicted molar refractivity (Wildman–Crippen MR) is 94.4 cm³/mol. The summed E-state index contributed by atoms with van der Waals surface area (Å²) >= 11 is 0. The molecule has 0 amide bonds. The fourth-order valence-corrected chi connectivity index (χ4v) is 5.53. The number of nitrogens with zero attached hydrogens (tertiary/aromatic N) is 1. The molecule has 26 heavy (non-hydrogen) atoms. The van der Waals surface area contributed by atoms with E-state index in [1.807, 2.05) is 0 Å². The molecule has 0 fully saturated rings. The molecule has 1 atom stereocenters. The first-order valence-electron chi connectivity index (χ1n) is 8.25. The van der Waals surface area contributed by atoms with Gasteiger partial charge in [-0.05, 0) is 55.2 Å². The van der Waals surface area contributed by atoms with Gasteiger partial charge in [0.05, 0.1) is 5.25 Å². The number of rotatable bonds is 1. The summed E-state index contributed by atoms with van der Waals surface area (Å²) in [6, 6.07) is 8.49. The van der Waals surface area contributed by atoms with Crippen molar-refractivity contribution in [3.05, 3.63) is 59.2 Å². The average molecular weight is 377 g/mol. The highest BCUT2D eigenvalue weighted by atomic mass is 32.2. The number of oxime groups is 1. The Morgan fingerprint density at radius 1 is 1.15 bits per heavy atom. The van der Waals surface area contributed by atoms with Crippen molar-refractivity contribution in [3.8, 4) is 11.1 Å². The third kappa shape index (κ3) is 2.61. The summed E-state index contributed by atoms with van der Waals surface area (Å²) in [6.45, 7) is 3.49. The number of hydrogen-bond donors (Lipinski definition) is 0. The van der Waals surface area contributed by atoms with E-state index in [-0.39, 0.29) is 23.4 Å². The molecule has 0 N–H and O–H groups in total. The number of sulfone groups is 1. The Balaban J connectivity index is 1.89. The normalized spacial score (nSPS) is 20.8. The molecule has 1 aliphatic carbocycles. The molecule has 0 spiro atoms. The van der Waals surface area contributed by atoms with Crippen molar-refractivity contribution in [1.82, 2.24) is 0 Å². The van der Waals surface area contributed by atoms with Gasteiger partial charge in [-0.15, -0.1) is 0 Å². The summed E-state index contributed by atoms with van der Waals surface area (Å²) in [5, 5.41) is 2.56. The van der Waals surface area contributed by atoms with Crippen LogP contribution in [0.15, 0.2) is 41.6 Å². The molecular weight excluding hydrogens is 360 g/mol. The third-order valence-electron chi connectivity index (χ3n) is 4.82. The number of halogens is 2. The van der Waals surface area contributed by atoms with Crippen molar-refractivity contribution >= 4 is 14.9 Å². The van der Waals surface area contributed by atoms with Crippen molar-refractivity contribution in [1.29, 1.82) is 0 Å². The van der Waals surface area contributed by atoms with E-state index in [2.05, 4.69) is 5.16 Å². The molecule has 1 heterocycles. The molecule has 2 aromatic rings. The smallest absolute Gasteiger partial charge is 0.202 e. The summed E-state index contributed by atoms with van der Waals surface area (Å²) in [7, 11) is -3.93. The maximum absolute atomic E-state index is 14.7. The molecule has 2 aliphatic rings. The van der Waals surface area contributed by atoms with Crippen LogP contribution in [0.1, 0.15) is 36.6 Å². The van der Waals surface area contributed by atoms with Crippen LogP contribution in [-0.4, -0.2) is 19.1 Å². The number of fused-ring (bicyclic) bond motifs is 3. The summed E-state index contributed by atoms with van der Waals surface area (Å²) in [4.78, 5) is 5.20. The molecule has 0 aromatic heterocycles. The van der Waals surface area contributed by atoms with E-state index < -0.39 is 32.3 Å². The van der Waals surface area contributed by atoms with Crippen LogP contribution in [0, 0.1) is 11.6 Å². The van der Waals surface area contributed by atoms with Gasteiger partial charge in [0.25, 0.3) is 0 Å². The molecule has 4 nitrogen and oxygen atoms in total. The van der Waals surface area contributed by atoms with E-state index in [0.717, 1.165) is 0 Å². The molecule has 136 valence electrons. The first kappa shape index (κ1) is 17.1. The largest absolute Gasteiger partial charge is 0.389 e. The monoisotopic (exact) mass is 377 g/mol. The summed E-state index contributed by atoms with van der Waals surface area (Å²) < 4.78 is 54.8. The lowest BCUT2D eigenvalue weighted by Crippen LogP contribution is -2.29. The quantitative estimate of drug-likeness (QED) is 0.750. The van der Waals surface area contributed by atoms with Crippen molar-refractivity contribution < 1.29 is 22.0 Å². The standard InChI is InChI=1S/C19H17F2NO3S/c1-19(2)10-17(22-25-19)26(23,24)16-8-11-6-7-12(20)9-14(11)13-4-3-5-15(21)18(13)16/h3-7,9,16H,8,10H2,1-2H3. The van der Waals surface area contributed by atoms with Crippen LogP contribution in [0.5, 0.6) is 0 Å². The van der Waals surface area contributed by atoms with E-state index in [1.54, 1.807) is 26.0 Å². The molecule has 0 saturated heterocycles. The van der Waals surface area contributed by atoms with Gasteiger partial charge in [0, 0.05) is 12.0 Å². The molecule has 0 bridgehead atoms. The Morgan fingerprint density at radius 2 is 1.92 bits per heavy atom. The second-order valence-electron chi connectivity index (χ2n) is 7.25. The minimum absolute atomic E-state index is 0.0608. The molecule has 2 aromatic carbocycles. The van der Waals surface area contributed by atoms with E-state index in [4.69, 9.17) is 4.84 Å². The maximum Gasteiger partial charge on any atom is 0.202 e. The highest BCUT2D eigenvalue weighted by Gasteiger charge is 2.44. The van der Waals surface area contributed by atoms with Crippen LogP contribution in [0.25, 0.3) is 11.1 Å². The Kier molecular flexibility index (Phi) is 3.70. The average Bonchev–Trinajstić information content (AvgIpc) is 2.95. The third-order valence-corrected chi connectivity index (χ3v) is 6.84. The molecule has 0 saturated carbocycles. The highest BCUT2D eigenvalue weighted by molar-refractivity contribution is 8.06. The molecule has 1 aliphatic heterocycles. The Bertz CT molecular complexity index is 1040. The lowest BCUT2D eigenvalue weighted by molar-refractivity contribution is 0.0123. The van der Waals surface area contributed by atoms with Gasteiger partial charge in [0.15, 0.2) is 5.04 Å². The first-order chi connectivity index (χ1) is 12.2. The second kappa shape index (κ2) is 5.61. The first-order valence-corrected chi connectivity index (χ1v) is 9.80. The zero-order chi connectivity index (χ0) is 18.7. The summed E-state index contributed by atoms with van der Waals surface area (Å²) in [6.07, 6.45) is 0.192. The van der Waals surface area contributed by atoms with Crippen LogP contribution in [0.4, 0.5) is 8.78 Å². The van der Waals surface area contributed by atoms with E-state index >= 15 is 0 Å². The van der Waals surface area contributed by atoms with Gasteiger partial charge < -0.3 is 4.84 Å². The van der Waals surface area contributed by atoms with Crippen LogP contribution in [-0.2, 0) is 21.1 Å². The number of hydrogen-bond acceptors (Lipinski definition) is 4. The maximum atomic E-state index is 14.7. The van der Waals surface area contributed by atoms with Crippen molar-refractivity contribution in [2.75, 3.05) is 0 Å². The van der Waals surface area contributed by atoms with Gasteiger partial charge in [-0.25, -0.2) is 17.2 Å². The minimum atomic E-state index is -3.93. The van der Waals surface area contributed by atoms with Gasteiger partial charge in [-0.2, -0.15) is 0 Å². The Morgan fingerprint density at radius 3 is 2.62 bits per heavy atom. The topological polar surface area (TPSA) is 55.7 Å². The van der Waals surface area contributed by atoms with Crippen molar-refractivity contribution in [2.45, 2.75) is 37.5 Å². The lowest BCUT2D eigenvalue weighted by Gasteiger charge is -2.28. The zero-order valence-electron chi connectivity index (χ0n) is 14.3. The zero-order valence-corrected chi connectivity index (χ0v) is 15.1. The van der Waals surface area contributed by atoms with Crippen molar-refractivity contribution in [3.63, 3.8) is 0 Å².